The van der Waals surface area contributed by atoms with Gasteiger partial charge in [0.1, 0.15) is 42.7 Å². The van der Waals surface area contributed by atoms with E-state index in [-0.39, 0.29) is 0 Å². The van der Waals surface area contributed by atoms with Crippen molar-refractivity contribution in [3.05, 3.63) is 0 Å². The minimum Gasteiger partial charge on any atom is -0.394 e. The predicted octanol–water partition coefficient (Wildman–Crippen LogP) is -5.37. The van der Waals surface area contributed by atoms with Gasteiger partial charge in [0, 0.05) is 11.8 Å². The lowest BCUT2D eigenvalue weighted by molar-refractivity contribution is -0.320. The van der Waals surface area contributed by atoms with Crippen LogP contribution in [0.4, 0.5) is 0 Å². The van der Waals surface area contributed by atoms with Gasteiger partial charge in [0.05, 0.1) is 38.1 Å². The molecule has 0 spiro atoms. The van der Waals surface area contributed by atoms with E-state index in [9.17, 15) is 57.1 Å². The minimum absolute atomic E-state index is 0.606. The van der Waals surface area contributed by atoms with Crippen molar-refractivity contribution in [3.8, 4) is 0 Å². The van der Waals surface area contributed by atoms with Gasteiger partial charge in [0.25, 0.3) is 0 Å². The number of hydrogen-bond donors (Lipinski definition) is 9. The smallest absolute Gasteiger partial charge is 0.394 e. The molecule has 0 radical (unpaired) electrons. The molecule has 15 atom stereocenters. The van der Waals surface area contributed by atoms with Crippen LogP contribution in [0.25, 0.3) is 0 Å². The largest absolute Gasteiger partial charge is 0.397 e. The first-order chi connectivity index (χ1) is 19.3. The summed E-state index contributed by atoms with van der Waals surface area (Å²) in [5.41, 5.74) is 0. The van der Waals surface area contributed by atoms with E-state index in [0.29, 0.717) is 0 Å². The summed E-state index contributed by atoms with van der Waals surface area (Å²) in [6.45, 7) is 0.659. The van der Waals surface area contributed by atoms with Crippen molar-refractivity contribution >= 4 is 20.8 Å². The topological polar surface area (TPSA) is 315 Å². The van der Waals surface area contributed by atoms with Crippen molar-refractivity contribution in [1.82, 2.24) is 0 Å². The first-order valence-electron chi connectivity index (χ1n) is 12.5. The minimum atomic E-state index is -5.22. The van der Waals surface area contributed by atoms with Crippen molar-refractivity contribution in [2.45, 2.75) is 93.8 Å². The lowest BCUT2D eigenvalue weighted by Crippen LogP contribution is -2.61. The number of hydrogen-bond acceptors (Lipinski definition) is 18. The van der Waals surface area contributed by atoms with Crippen LogP contribution >= 0.6 is 0 Å². The standard InChI is InChI=1S/C20H36O20S2/c1-6-8(4-34-20-15(26)17(40-42(31,32)33)11(22)7(2)37-20)16(39-41(28,29)30)14(25)19(36-6)35-5-9-12(23)10(3-21)38-18(27)13(9)24/h6-27H,3-5H2,1-2H3,(H,28,29,30)(H,31,32,33)/t6?,7?,8-,9?,10?,11-,12-,13?,14?,15?,16?,17?,18-,19-,20-/m1/s1. The lowest BCUT2D eigenvalue weighted by Gasteiger charge is -2.45. The highest BCUT2D eigenvalue weighted by Crippen LogP contribution is 2.34. The summed E-state index contributed by atoms with van der Waals surface area (Å²) < 4.78 is 99.4. The maximum absolute atomic E-state index is 11.6. The van der Waals surface area contributed by atoms with Crippen LogP contribution in [0.15, 0.2) is 0 Å². The third kappa shape index (κ3) is 8.70. The second kappa shape index (κ2) is 14.1. The highest BCUT2D eigenvalue weighted by Gasteiger charge is 2.51. The van der Waals surface area contributed by atoms with Gasteiger partial charge in [-0.05, 0) is 13.8 Å². The molecular formula is C20H36O20S2. The first kappa shape index (κ1) is 35.7. The first-order valence-corrected chi connectivity index (χ1v) is 15.3. The van der Waals surface area contributed by atoms with Crippen molar-refractivity contribution in [2.75, 3.05) is 19.8 Å². The van der Waals surface area contributed by atoms with Gasteiger partial charge in [-0.25, -0.2) is 8.37 Å². The summed E-state index contributed by atoms with van der Waals surface area (Å²) in [6.07, 6.45) is -21.5. The molecule has 3 saturated heterocycles. The van der Waals surface area contributed by atoms with Crippen LogP contribution < -0.4 is 0 Å². The van der Waals surface area contributed by atoms with Gasteiger partial charge in [0.2, 0.25) is 0 Å². The fourth-order valence-electron chi connectivity index (χ4n) is 4.88. The second-order valence-corrected chi connectivity index (χ2v) is 12.2. The molecule has 0 aromatic carbocycles. The van der Waals surface area contributed by atoms with Gasteiger partial charge in [0.15, 0.2) is 18.9 Å². The van der Waals surface area contributed by atoms with Crippen LogP contribution in [-0.2, 0) is 52.8 Å². The van der Waals surface area contributed by atoms with E-state index < -0.39 is 132 Å². The average Bonchev–Trinajstić information content (AvgIpc) is 2.87. The molecular weight excluding hydrogens is 624 g/mol. The van der Waals surface area contributed by atoms with E-state index in [2.05, 4.69) is 8.37 Å². The molecule has 3 aliphatic heterocycles. The summed E-state index contributed by atoms with van der Waals surface area (Å²) in [5.74, 6) is -2.53. The Kier molecular flexibility index (Phi) is 12.0. The van der Waals surface area contributed by atoms with Crippen molar-refractivity contribution in [3.63, 3.8) is 0 Å². The van der Waals surface area contributed by atoms with E-state index in [0.717, 1.165) is 0 Å². The molecule has 42 heavy (non-hydrogen) atoms. The second-order valence-electron chi connectivity index (χ2n) is 10.1. The molecule has 9 N–H and O–H groups in total. The predicted molar refractivity (Wildman–Crippen MR) is 128 cm³/mol. The van der Waals surface area contributed by atoms with Gasteiger partial charge in [-0.15, -0.1) is 0 Å². The SMILES string of the molecule is CC1O[C@@H](OC[C@@H]2C(C)O[C@@H](OCC3C(O)[C@H](O)OC(CO)[C@@H]3O)C(O)C2OS(=O)(=O)O)C(O)C(OS(=O)(=O)O)[C@@H]1O. The van der Waals surface area contributed by atoms with Crippen molar-refractivity contribution < 1.29 is 93.7 Å². The maximum atomic E-state index is 11.6. The average molecular weight is 661 g/mol. The normalized spacial score (nSPS) is 45.5. The highest BCUT2D eigenvalue weighted by atomic mass is 32.3. The molecule has 9 unspecified atom stereocenters. The third-order valence-corrected chi connectivity index (χ3v) is 8.12. The quantitative estimate of drug-likeness (QED) is 0.0934. The molecule has 0 bridgehead atoms. The monoisotopic (exact) mass is 660 g/mol. The van der Waals surface area contributed by atoms with Crippen molar-refractivity contribution in [2.24, 2.45) is 11.8 Å². The number of rotatable bonds is 11. The molecule has 0 aromatic rings. The number of ether oxygens (including phenoxy) is 5. The Bertz CT molecular complexity index is 1090. The molecule has 248 valence electrons. The molecule has 3 heterocycles. The van der Waals surface area contributed by atoms with Gasteiger partial charge < -0.3 is 59.4 Å². The zero-order chi connectivity index (χ0) is 31.7. The summed E-state index contributed by atoms with van der Waals surface area (Å²) in [7, 11) is -10.3. The Balaban J connectivity index is 1.73. The van der Waals surface area contributed by atoms with E-state index in [1.165, 1.54) is 13.8 Å². The fourth-order valence-corrected chi connectivity index (χ4v) is 5.93. The molecule has 3 fully saturated rings. The van der Waals surface area contributed by atoms with E-state index in [1.54, 1.807) is 0 Å². The van der Waals surface area contributed by atoms with Gasteiger partial charge in [-0.1, -0.05) is 0 Å². The molecule has 0 aromatic heterocycles. The Hall–Kier alpha value is -0.740. The van der Waals surface area contributed by atoms with Gasteiger partial charge in [-0.2, -0.15) is 16.8 Å². The summed E-state index contributed by atoms with van der Waals surface area (Å²) in [6, 6.07) is 0. The molecule has 20 nitrogen and oxygen atoms in total. The Morgan fingerprint density at radius 1 is 0.619 bits per heavy atom. The van der Waals surface area contributed by atoms with Crippen LogP contribution in [0.3, 0.4) is 0 Å². The van der Waals surface area contributed by atoms with Crippen LogP contribution in [0.5, 0.6) is 0 Å². The molecule has 22 heteroatoms. The molecule has 0 aliphatic carbocycles. The maximum Gasteiger partial charge on any atom is 0.397 e. The Labute approximate surface area is 240 Å². The summed E-state index contributed by atoms with van der Waals surface area (Å²) in [5, 5.41) is 71.1. The van der Waals surface area contributed by atoms with Crippen LogP contribution in [0.2, 0.25) is 0 Å². The van der Waals surface area contributed by atoms with Gasteiger partial charge in [-0.3, -0.25) is 9.11 Å². The zero-order valence-electron chi connectivity index (χ0n) is 22.1. The third-order valence-electron chi connectivity index (χ3n) is 7.19. The van der Waals surface area contributed by atoms with E-state index in [1.807, 2.05) is 0 Å². The van der Waals surface area contributed by atoms with Gasteiger partial charge >= 0.3 is 20.8 Å². The Morgan fingerprint density at radius 3 is 1.62 bits per heavy atom. The number of aliphatic hydroxyl groups excluding tert-OH is 7. The highest BCUT2D eigenvalue weighted by molar-refractivity contribution is 7.81. The van der Waals surface area contributed by atoms with Crippen LogP contribution in [-0.4, -0.2) is 161 Å². The van der Waals surface area contributed by atoms with E-state index >= 15 is 0 Å². The van der Waals surface area contributed by atoms with Crippen LogP contribution in [0.1, 0.15) is 13.8 Å². The zero-order valence-corrected chi connectivity index (χ0v) is 23.7. The fraction of sp³-hybridized carbons (Fsp3) is 1.00. The van der Waals surface area contributed by atoms with Crippen molar-refractivity contribution in [1.29, 1.82) is 0 Å². The summed E-state index contributed by atoms with van der Waals surface area (Å²) in [4.78, 5) is 0. The molecule has 3 aliphatic rings. The number of aliphatic hydroxyl groups is 7. The summed E-state index contributed by atoms with van der Waals surface area (Å²) >= 11 is 0. The molecule has 0 saturated carbocycles. The molecule has 0 amide bonds. The molecule has 3 rings (SSSR count). The van der Waals surface area contributed by atoms with E-state index in [4.69, 9.17) is 28.2 Å². The Morgan fingerprint density at radius 2 is 1.10 bits per heavy atom. The van der Waals surface area contributed by atoms with Crippen LogP contribution in [0, 0.1) is 11.8 Å². The lowest BCUT2D eigenvalue weighted by atomic mass is 9.89.